The number of hydrogen-bond acceptors (Lipinski definition) is 4. The van der Waals surface area contributed by atoms with E-state index in [-0.39, 0.29) is 0 Å². The number of hydrazone groups is 1. The molecule has 3 aromatic rings. The van der Waals surface area contributed by atoms with Crippen LogP contribution < -0.4 is 5.43 Å². The van der Waals surface area contributed by atoms with E-state index in [0.29, 0.717) is 5.82 Å². The molecule has 0 bridgehead atoms. The third-order valence-electron chi connectivity index (χ3n) is 2.83. The van der Waals surface area contributed by atoms with E-state index in [2.05, 4.69) is 43.1 Å². The van der Waals surface area contributed by atoms with Gasteiger partial charge in [0.1, 0.15) is 11.5 Å². The summed E-state index contributed by atoms with van der Waals surface area (Å²) in [5.41, 5.74) is 5.73. The SMILES string of the molecule is Cc1nc2ccc(I)cn2c1C=NNc1ccccn1. The Morgan fingerprint density at radius 3 is 3.00 bits per heavy atom. The number of fused-ring (bicyclic) bond motifs is 1. The summed E-state index contributed by atoms with van der Waals surface area (Å²) < 4.78 is 3.18. The Kier molecular flexibility index (Phi) is 3.64. The predicted octanol–water partition coefficient (Wildman–Crippen LogP) is 3.09. The van der Waals surface area contributed by atoms with E-state index in [0.717, 1.165) is 20.6 Å². The zero-order chi connectivity index (χ0) is 13.9. The maximum Gasteiger partial charge on any atom is 0.146 e. The van der Waals surface area contributed by atoms with Gasteiger partial charge in [-0.3, -0.25) is 9.83 Å². The van der Waals surface area contributed by atoms with Gasteiger partial charge in [0.2, 0.25) is 0 Å². The van der Waals surface area contributed by atoms with Crippen molar-refractivity contribution in [3.05, 3.63) is 57.7 Å². The lowest BCUT2D eigenvalue weighted by molar-refractivity contribution is 1.15. The number of rotatable bonds is 3. The lowest BCUT2D eigenvalue weighted by atomic mass is 10.4. The molecule has 3 aromatic heterocycles. The highest BCUT2D eigenvalue weighted by Crippen LogP contribution is 2.13. The maximum atomic E-state index is 4.50. The fourth-order valence-electron chi connectivity index (χ4n) is 1.90. The van der Waals surface area contributed by atoms with Crippen LogP contribution in [0, 0.1) is 10.5 Å². The van der Waals surface area contributed by atoms with Gasteiger partial charge in [0.05, 0.1) is 17.6 Å². The summed E-state index contributed by atoms with van der Waals surface area (Å²) in [6.07, 6.45) is 5.53. The molecule has 0 unspecified atom stereocenters. The monoisotopic (exact) mass is 377 g/mol. The molecule has 0 aliphatic carbocycles. The lowest BCUT2D eigenvalue weighted by Crippen LogP contribution is -1.97. The van der Waals surface area contributed by atoms with Gasteiger partial charge in [-0.15, -0.1) is 0 Å². The summed E-state index contributed by atoms with van der Waals surface area (Å²) in [5.74, 6) is 0.713. The summed E-state index contributed by atoms with van der Waals surface area (Å²) >= 11 is 2.28. The zero-order valence-electron chi connectivity index (χ0n) is 10.8. The van der Waals surface area contributed by atoms with E-state index in [1.54, 1.807) is 12.4 Å². The number of pyridine rings is 2. The Bertz CT molecular complexity index is 764. The Morgan fingerprint density at radius 1 is 1.30 bits per heavy atom. The van der Waals surface area contributed by atoms with Crippen molar-refractivity contribution in [2.75, 3.05) is 5.43 Å². The van der Waals surface area contributed by atoms with Crippen molar-refractivity contribution < 1.29 is 0 Å². The van der Waals surface area contributed by atoms with Crippen molar-refractivity contribution in [2.24, 2.45) is 5.10 Å². The second kappa shape index (κ2) is 5.58. The summed E-state index contributed by atoms with van der Waals surface area (Å²) in [4.78, 5) is 8.65. The molecular weight excluding hydrogens is 365 g/mol. The van der Waals surface area contributed by atoms with Gasteiger partial charge >= 0.3 is 0 Å². The summed E-state index contributed by atoms with van der Waals surface area (Å²) in [6, 6.07) is 9.67. The molecule has 0 aromatic carbocycles. The number of hydrogen-bond donors (Lipinski definition) is 1. The average Bonchev–Trinajstić information content (AvgIpc) is 2.76. The first-order valence-electron chi connectivity index (χ1n) is 6.08. The van der Waals surface area contributed by atoms with E-state index in [1.165, 1.54) is 0 Å². The molecule has 5 nitrogen and oxygen atoms in total. The third kappa shape index (κ3) is 2.64. The third-order valence-corrected chi connectivity index (χ3v) is 3.47. The molecule has 0 aliphatic rings. The van der Waals surface area contributed by atoms with Crippen molar-refractivity contribution in [3.8, 4) is 0 Å². The van der Waals surface area contributed by atoms with Gasteiger partial charge < -0.3 is 0 Å². The second-order valence-corrected chi connectivity index (χ2v) is 5.49. The van der Waals surface area contributed by atoms with E-state index in [1.807, 2.05) is 47.9 Å². The number of anilines is 1. The Morgan fingerprint density at radius 2 is 2.20 bits per heavy atom. The highest BCUT2D eigenvalue weighted by atomic mass is 127. The van der Waals surface area contributed by atoms with Crippen molar-refractivity contribution >= 4 is 40.3 Å². The Hall–Kier alpha value is -1.96. The normalized spacial score (nSPS) is 11.3. The number of halogens is 1. The average molecular weight is 377 g/mol. The molecule has 0 spiro atoms. The number of aromatic nitrogens is 3. The van der Waals surface area contributed by atoms with Crippen LogP contribution in [0.3, 0.4) is 0 Å². The minimum atomic E-state index is 0.713. The highest BCUT2D eigenvalue weighted by molar-refractivity contribution is 14.1. The molecule has 0 fully saturated rings. The molecule has 20 heavy (non-hydrogen) atoms. The molecular formula is C14H12IN5. The molecule has 0 radical (unpaired) electrons. The molecule has 100 valence electrons. The molecule has 3 heterocycles. The first-order chi connectivity index (χ1) is 9.74. The van der Waals surface area contributed by atoms with Crippen LogP contribution in [0.1, 0.15) is 11.4 Å². The first-order valence-corrected chi connectivity index (χ1v) is 7.16. The lowest BCUT2D eigenvalue weighted by Gasteiger charge is -1.99. The fourth-order valence-corrected chi connectivity index (χ4v) is 2.36. The molecule has 1 N–H and O–H groups in total. The van der Waals surface area contributed by atoms with Gasteiger partial charge in [-0.2, -0.15) is 5.10 Å². The van der Waals surface area contributed by atoms with Crippen molar-refractivity contribution in [3.63, 3.8) is 0 Å². The van der Waals surface area contributed by atoms with Gasteiger partial charge in [0.15, 0.2) is 0 Å². The number of nitrogens with zero attached hydrogens (tertiary/aromatic N) is 4. The van der Waals surface area contributed by atoms with Crippen LogP contribution >= 0.6 is 22.6 Å². The van der Waals surface area contributed by atoms with Crippen LogP contribution in [-0.4, -0.2) is 20.6 Å². The van der Waals surface area contributed by atoms with Crippen molar-refractivity contribution in [1.82, 2.24) is 14.4 Å². The topological polar surface area (TPSA) is 54.6 Å². The molecule has 0 saturated heterocycles. The van der Waals surface area contributed by atoms with Gasteiger partial charge in [-0.25, -0.2) is 9.97 Å². The molecule has 3 rings (SSSR count). The quantitative estimate of drug-likeness (QED) is 0.434. The molecule has 0 amide bonds. The van der Waals surface area contributed by atoms with Gasteiger partial charge in [-0.05, 0) is 53.8 Å². The number of aryl methyl sites for hydroxylation is 1. The van der Waals surface area contributed by atoms with Gasteiger partial charge in [0.25, 0.3) is 0 Å². The molecule has 0 aliphatic heterocycles. The Labute approximate surface area is 129 Å². The standard InChI is InChI=1S/C14H12IN5/c1-10-12(8-17-19-13-4-2-3-7-16-13)20-9-11(15)5-6-14(20)18-10/h2-9H,1H3,(H,16,19). The van der Waals surface area contributed by atoms with Gasteiger partial charge in [0, 0.05) is 16.0 Å². The molecule has 6 heteroatoms. The van der Waals surface area contributed by atoms with E-state index in [4.69, 9.17) is 0 Å². The van der Waals surface area contributed by atoms with Crippen molar-refractivity contribution in [1.29, 1.82) is 0 Å². The van der Waals surface area contributed by atoms with E-state index >= 15 is 0 Å². The second-order valence-electron chi connectivity index (χ2n) is 4.24. The van der Waals surface area contributed by atoms with Crippen LogP contribution in [0.2, 0.25) is 0 Å². The predicted molar refractivity (Wildman–Crippen MR) is 88.1 cm³/mol. The molecule has 0 saturated carbocycles. The Balaban J connectivity index is 1.90. The minimum Gasteiger partial charge on any atom is -0.297 e. The van der Waals surface area contributed by atoms with Crippen LogP contribution in [0.25, 0.3) is 5.65 Å². The van der Waals surface area contributed by atoms with E-state index in [9.17, 15) is 0 Å². The van der Waals surface area contributed by atoms with Crippen LogP contribution in [0.15, 0.2) is 47.8 Å². The maximum absolute atomic E-state index is 4.50. The van der Waals surface area contributed by atoms with Crippen LogP contribution in [0.5, 0.6) is 0 Å². The minimum absolute atomic E-state index is 0.713. The smallest absolute Gasteiger partial charge is 0.146 e. The zero-order valence-corrected chi connectivity index (χ0v) is 12.9. The highest BCUT2D eigenvalue weighted by Gasteiger charge is 2.06. The largest absolute Gasteiger partial charge is 0.297 e. The first kappa shape index (κ1) is 13.0. The summed E-state index contributed by atoms with van der Waals surface area (Å²) in [6.45, 7) is 1.97. The van der Waals surface area contributed by atoms with Gasteiger partial charge in [-0.1, -0.05) is 6.07 Å². The number of imidazole rings is 1. The summed E-state index contributed by atoms with van der Waals surface area (Å²) in [7, 11) is 0. The number of nitrogens with one attached hydrogen (secondary N) is 1. The molecule has 0 atom stereocenters. The van der Waals surface area contributed by atoms with E-state index < -0.39 is 0 Å². The fraction of sp³-hybridized carbons (Fsp3) is 0.0714. The van der Waals surface area contributed by atoms with Crippen LogP contribution in [0.4, 0.5) is 5.82 Å². The van der Waals surface area contributed by atoms with Crippen molar-refractivity contribution in [2.45, 2.75) is 6.92 Å². The summed E-state index contributed by atoms with van der Waals surface area (Å²) in [5, 5.41) is 4.22. The van der Waals surface area contributed by atoms with Crippen LogP contribution in [-0.2, 0) is 0 Å².